The number of aromatic nitrogens is 3. The number of benzene rings is 1. The van der Waals surface area contributed by atoms with Crippen LogP contribution in [-0.2, 0) is 0 Å². The molecule has 32 heavy (non-hydrogen) atoms. The molecule has 0 atom stereocenters. The molecule has 9 heteroatoms. The van der Waals surface area contributed by atoms with Gasteiger partial charge in [-0.3, -0.25) is 14.0 Å². The van der Waals surface area contributed by atoms with Crippen molar-refractivity contribution in [2.24, 2.45) is 0 Å². The lowest BCUT2D eigenvalue weighted by Crippen LogP contribution is -2.36. The van der Waals surface area contributed by atoms with E-state index in [0.717, 1.165) is 36.4 Å². The number of fused-ring (bicyclic) bond motifs is 5. The first-order valence-corrected chi connectivity index (χ1v) is 11.8. The number of rotatable bonds is 6. The van der Waals surface area contributed by atoms with Gasteiger partial charge in [-0.25, -0.2) is 4.98 Å². The quantitative estimate of drug-likeness (QED) is 0.486. The third-order valence-corrected chi connectivity index (χ3v) is 7.27. The van der Waals surface area contributed by atoms with E-state index in [4.69, 9.17) is 4.98 Å². The predicted octanol–water partition coefficient (Wildman–Crippen LogP) is 2.74. The molecule has 0 saturated carbocycles. The molecule has 1 amide bonds. The van der Waals surface area contributed by atoms with Gasteiger partial charge in [-0.1, -0.05) is 12.1 Å². The highest BCUT2D eigenvalue weighted by Crippen LogP contribution is 2.30. The van der Waals surface area contributed by atoms with Gasteiger partial charge >= 0.3 is 0 Å². The van der Waals surface area contributed by atoms with Crippen LogP contribution in [0.5, 0.6) is 0 Å². The van der Waals surface area contributed by atoms with E-state index in [0.29, 0.717) is 28.4 Å². The number of para-hydroxylation sites is 1. The Morgan fingerprint density at radius 2 is 2.03 bits per heavy atom. The molecule has 5 rings (SSSR count). The molecule has 4 aromatic rings. The van der Waals surface area contributed by atoms with Crippen LogP contribution in [0.3, 0.4) is 0 Å². The van der Waals surface area contributed by atoms with E-state index in [1.807, 2.05) is 47.5 Å². The van der Waals surface area contributed by atoms with E-state index >= 15 is 0 Å². The first-order valence-electron chi connectivity index (χ1n) is 11.0. The Balaban J connectivity index is 1.66. The summed E-state index contributed by atoms with van der Waals surface area (Å²) in [6.45, 7) is 6.22. The summed E-state index contributed by atoms with van der Waals surface area (Å²) in [6.07, 6.45) is 3.96. The molecule has 0 aliphatic carbocycles. The summed E-state index contributed by atoms with van der Waals surface area (Å²) in [6, 6.07) is 7.90. The number of pyridine rings is 1. The highest BCUT2D eigenvalue weighted by molar-refractivity contribution is 7.24. The zero-order valence-electron chi connectivity index (χ0n) is 18.3. The van der Waals surface area contributed by atoms with E-state index in [9.17, 15) is 9.59 Å². The smallest absolute Gasteiger partial charge is 0.258 e. The van der Waals surface area contributed by atoms with Crippen LogP contribution in [0.15, 0.2) is 35.3 Å². The Labute approximate surface area is 189 Å². The molecule has 3 aromatic heterocycles. The van der Waals surface area contributed by atoms with Crippen LogP contribution in [0.1, 0.15) is 30.1 Å². The lowest BCUT2D eigenvalue weighted by molar-refractivity contribution is 0.0950. The number of nitrogens with zero attached hydrogens (tertiary/aromatic N) is 5. The van der Waals surface area contributed by atoms with Crippen LogP contribution in [-0.4, -0.2) is 64.9 Å². The van der Waals surface area contributed by atoms with Gasteiger partial charge < -0.3 is 15.1 Å². The minimum atomic E-state index is -0.338. The van der Waals surface area contributed by atoms with Gasteiger partial charge in [0.25, 0.3) is 5.91 Å². The van der Waals surface area contributed by atoms with Gasteiger partial charge in [-0.05, 0) is 45.0 Å². The molecule has 1 N–H and O–H groups in total. The van der Waals surface area contributed by atoms with Crippen LogP contribution in [0.4, 0.5) is 5.95 Å². The molecule has 0 spiro atoms. The number of likely N-dealkylation sites (tertiary alicyclic amines) is 1. The fourth-order valence-corrected chi connectivity index (χ4v) is 5.42. The molecule has 1 aromatic carbocycles. The van der Waals surface area contributed by atoms with E-state index in [1.54, 1.807) is 6.20 Å². The average Bonchev–Trinajstić information content (AvgIpc) is 3.46. The van der Waals surface area contributed by atoms with Crippen molar-refractivity contribution in [3.63, 3.8) is 0 Å². The van der Waals surface area contributed by atoms with Crippen LogP contribution >= 0.6 is 11.3 Å². The van der Waals surface area contributed by atoms with E-state index < -0.39 is 0 Å². The first-order chi connectivity index (χ1) is 15.6. The summed E-state index contributed by atoms with van der Waals surface area (Å²) in [4.78, 5) is 40.7. The SMILES string of the molecule is CCN(C)c1ncc2c(=O)c(C(=O)NCCN3CCCC3)c3sc4ccccc4n3c2n1. The Bertz CT molecular complexity index is 1370. The van der Waals surface area contributed by atoms with Gasteiger partial charge in [-0.15, -0.1) is 11.3 Å². The molecule has 0 radical (unpaired) electrons. The second kappa shape index (κ2) is 8.48. The Hall–Kier alpha value is -3.04. The lowest BCUT2D eigenvalue weighted by Gasteiger charge is -2.16. The number of thiazole rings is 1. The molecule has 0 unspecified atom stereocenters. The van der Waals surface area contributed by atoms with Crippen molar-refractivity contribution in [2.75, 3.05) is 44.7 Å². The van der Waals surface area contributed by atoms with Crippen molar-refractivity contribution >= 4 is 49.3 Å². The normalized spacial score (nSPS) is 14.6. The van der Waals surface area contributed by atoms with E-state index in [2.05, 4.69) is 15.2 Å². The zero-order chi connectivity index (χ0) is 22.2. The minimum absolute atomic E-state index is 0.167. The molecular formula is C23H26N6O2S. The highest BCUT2D eigenvalue weighted by atomic mass is 32.1. The topological polar surface area (TPSA) is 82.8 Å². The second-order valence-corrected chi connectivity index (χ2v) is 9.17. The lowest BCUT2D eigenvalue weighted by atomic mass is 10.2. The number of hydrogen-bond donors (Lipinski definition) is 1. The Morgan fingerprint density at radius 3 is 2.81 bits per heavy atom. The molecule has 4 heterocycles. The van der Waals surface area contributed by atoms with Gasteiger partial charge in [0, 0.05) is 32.9 Å². The average molecular weight is 451 g/mol. The van der Waals surface area contributed by atoms with Gasteiger partial charge in [0.15, 0.2) is 5.65 Å². The van der Waals surface area contributed by atoms with Gasteiger partial charge in [0.2, 0.25) is 11.4 Å². The van der Waals surface area contributed by atoms with Crippen LogP contribution < -0.4 is 15.6 Å². The summed E-state index contributed by atoms with van der Waals surface area (Å²) in [5.74, 6) is 0.209. The number of anilines is 1. The molecule has 1 aliphatic rings. The maximum atomic E-state index is 13.5. The monoisotopic (exact) mass is 450 g/mol. The molecule has 1 fully saturated rings. The van der Waals surface area contributed by atoms with Crippen LogP contribution in [0.2, 0.25) is 0 Å². The second-order valence-electron chi connectivity index (χ2n) is 8.14. The number of hydrogen-bond acceptors (Lipinski definition) is 7. The number of carbonyl (C=O) groups excluding carboxylic acids is 1. The van der Waals surface area contributed by atoms with E-state index in [1.165, 1.54) is 24.2 Å². The summed E-state index contributed by atoms with van der Waals surface area (Å²) in [7, 11) is 1.91. The van der Waals surface area contributed by atoms with Crippen molar-refractivity contribution < 1.29 is 4.79 Å². The van der Waals surface area contributed by atoms with Gasteiger partial charge in [0.05, 0.1) is 15.6 Å². The van der Waals surface area contributed by atoms with Crippen molar-refractivity contribution in [1.29, 1.82) is 0 Å². The fraction of sp³-hybridized carbons (Fsp3) is 0.391. The fourth-order valence-electron chi connectivity index (χ4n) is 4.23. The standard InChI is InChI=1S/C23H26N6O2S/c1-3-27(2)23-25-14-15-19(30)18(21(31)24-10-13-28-11-6-7-12-28)22-29(20(15)26-23)16-8-4-5-9-17(16)32-22/h4-5,8-9,14H,3,6-7,10-13H2,1-2H3,(H,24,31). The molecule has 0 bridgehead atoms. The van der Waals surface area contributed by atoms with Gasteiger partial charge in [0.1, 0.15) is 10.4 Å². The minimum Gasteiger partial charge on any atom is -0.351 e. The largest absolute Gasteiger partial charge is 0.351 e. The molecule has 8 nitrogen and oxygen atoms in total. The van der Waals surface area contributed by atoms with Crippen molar-refractivity contribution in [3.8, 4) is 0 Å². The summed E-state index contributed by atoms with van der Waals surface area (Å²) in [5.41, 5.74) is 1.30. The van der Waals surface area contributed by atoms with Crippen molar-refractivity contribution in [3.05, 3.63) is 46.2 Å². The maximum absolute atomic E-state index is 13.5. The van der Waals surface area contributed by atoms with Crippen LogP contribution in [0.25, 0.3) is 26.1 Å². The number of carbonyl (C=O) groups is 1. The molecule has 166 valence electrons. The summed E-state index contributed by atoms with van der Waals surface area (Å²) in [5, 5.41) is 3.32. The molecule has 1 aliphatic heterocycles. The summed E-state index contributed by atoms with van der Waals surface area (Å²) >= 11 is 1.44. The molecular weight excluding hydrogens is 424 g/mol. The molecule has 1 saturated heterocycles. The maximum Gasteiger partial charge on any atom is 0.258 e. The summed E-state index contributed by atoms with van der Waals surface area (Å²) < 4.78 is 2.93. The van der Waals surface area contributed by atoms with Crippen molar-refractivity contribution in [1.82, 2.24) is 24.6 Å². The highest BCUT2D eigenvalue weighted by Gasteiger charge is 2.23. The van der Waals surface area contributed by atoms with Crippen LogP contribution in [0, 0.1) is 0 Å². The number of nitrogens with one attached hydrogen (secondary N) is 1. The zero-order valence-corrected chi connectivity index (χ0v) is 19.1. The van der Waals surface area contributed by atoms with Crippen molar-refractivity contribution in [2.45, 2.75) is 19.8 Å². The third-order valence-electron chi connectivity index (χ3n) is 6.12. The first kappa shape index (κ1) is 20.8. The Kier molecular flexibility index (Phi) is 5.52. The van der Waals surface area contributed by atoms with Gasteiger partial charge in [-0.2, -0.15) is 4.98 Å². The predicted molar refractivity (Wildman–Crippen MR) is 129 cm³/mol. The third kappa shape index (κ3) is 3.51. The van der Waals surface area contributed by atoms with E-state index in [-0.39, 0.29) is 16.9 Å². The number of amides is 1. The Morgan fingerprint density at radius 1 is 1.25 bits per heavy atom.